The van der Waals surface area contributed by atoms with Gasteiger partial charge in [0.1, 0.15) is 17.2 Å². The van der Waals surface area contributed by atoms with E-state index in [-0.39, 0.29) is 29.1 Å². The molecule has 0 aromatic heterocycles. The second kappa shape index (κ2) is 8.11. The van der Waals surface area contributed by atoms with Crippen LogP contribution in [0, 0.1) is 12.7 Å². The number of hydrogen-bond donors (Lipinski definition) is 1. The fraction of sp³-hybridized carbons (Fsp3) is 0.381. The lowest BCUT2D eigenvalue weighted by Gasteiger charge is -2.38. The third-order valence-electron chi connectivity index (χ3n) is 4.46. The number of carbonyl (C=O) groups is 1. The number of carbonyl (C=O) groups excluding carboxylic acids is 1. The van der Waals surface area contributed by atoms with Crippen LogP contribution in [0.15, 0.2) is 36.4 Å². The summed E-state index contributed by atoms with van der Waals surface area (Å²) in [5.41, 5.74) is 2.34. The normalized spacial score (nSPS) is 17.7. The lowest BCUT2D eigenvalue weighted by atomic mass is 9.89. The Labute approximate surface area is 168 Å². The van der Waals surface area contributed by atoms with Crippen molar-refractivity contribution in [3.8, 4) is 5.75 Å². The Hall–Kier alpha value is -1.72. The molecular weight excluding hydrogens is 385 g/mol. The van der Waals surface area contributed by atoms with E-state index in [4.69, 9.17) is 16.3 Å². The van der Waals surface area contributed by atoms with E-state index < -0.39 is 0 Å². The minimum absolute atomic E-state index is 0.0653. The van der Waals surface area contributed by atoms with Crippen molar-refractivity contribution in [2.24, 2.45) is 0 Å². The summed E-state index contributed by atoms with van der Waals surface area (Å²) in [4.78, 5) is 12.5. The quantitative estimate of drug-likeness (QED) is 0.717. The topological polar surface area (TPSA) is 38.3 Å². The van der Waals surface area contributed by atoms with Crippen molar-refractivity contribution in [2.75, 3.05) is 5.75 Å². The van der Waals surface area contributed by atoms with Crippen molar-refractivity contribution in [3.05, 3.63) is 63.9 Å². The highest BCUT2D eigenvalue weighted by atomic mass is 35.5. The van der Waals surface area contributed by atoms with Crippen molar-refractivity contribution < 1.29 is 13.9 Å². The van der Waals surface area contributed by atoms with Gasteiger partial charge in [-0.25, -0.2) is 4.39 Å². The second-order valence-electron chi connectivity index (χ2n) is 7.46. The van der Waals surface area contributed by atoms with E-state index in [2.05, 4.69) is 11.4 Å². The fourth-order valence-electron chi connectivity index (χ4n) is 3.23. The minimum atomic E-state index is -0.347. The van der Waals surface area contributed by atoms with Crippen LogP contribution in [0.2, 0.25) is 5.02 Å². The SMILES string of the molecule is Cc1ccc2c(c1)[C@@H](NC(=O)CSCc1ccc(Cl)cc1F)CC(C)(C)O2. The first-order chi connectivity index (χ1) is 12.7. The van der Waals surface area contributed by atoms with Crippen LogP contribution in [-0.2, 0) is 10.5 Å². The predicted octanol–water partition coefficient (Wildman–Crippen LogP) is 5.44. The number of nitrogens with one attached hydrogen (secondary N) is 1. The van der Waals surface area contributed by atoms with Gasteiger partial charge in [-0.15, -0.1) is 11.8 Å². The molecule has 1 N–H and O–H groups in total. The van der Waals surface area contributed by atoms with Gasteiger partial charge in [0.05, 0.1) is 11.8 Å². The smallest absolute Gasteiger partial charge is 0.230 e. The summed E-state index contributed by atoms with van der Waals surface area (Å²) in [7, 11) is 0. The zero-order valence-electron chi connectivity index (χ0n) is 15.6. The highest BCUT2D eigenvalue weighted by molar-refractivity contribution is 7.99. The van der Waals surface area contributed by atoms with E-state index in [1.807, 2.05) is 32.9 Å². The van der Waals surface area contributed by atoms with Crippen molar-refractivity contribution in [2.45, 2.75) is 44.6 Å². The van der Waals surface area contributed by atoms with Crippen molar-refractivity contribution in [3.63, 3.8) is 0 Å². The number of benzene rings is 2. The van der Waals surface area contributed by atoms with Gasteiger partial charge in [-0.1, -0.05) is 35.4 Å². The Morgan fingerprint density at radius 1 is 1.33 bits per heavy atom. The van der Waals surface area contributed by atoms with Crippen LogP contribution in [0.1, 0.15) is 43.0 Å². The first-order valence-electron chi connectivity index (χ1n) is 8.84. The van der Waals surface area contributed by atoms with Gasteiger partial charge in [0.15, 0.2) is 0 Å². The summed E-state index contributed by atoms with van der Waals surface area (Å²) in [6.45, 7) is 6.06. The summed E-state index contributed by atoms with van der Waals surface area (Å²) in [5, 5.41) is 3.48. The summed E-state index contributed by atoms with van der Waals surface area (Å²) in [6.07, 6.45) is 0.700. The maximum Gasteiger partial charge on any atom is 0.230 e. The largest absolute Gasteiger partial charge is 0.487 e. The Kier molecular flexibility index (Phi) is 6.02. The minimum Gasteiger partial charge on any atom is -0.487 e. The van der Waals surface area contributed by atoms with Crippen molar-refractivity contribution in [1.82, 2.24) is 5.32 Å². The number of amides is 1. The molecule has 0 saturated carbocycles. The molecule has 1 atom stereocenters. The maximum atomic E-state index is 13.8. The Bertz CT molecular complexity index is 856. The second-order valence-corrected chi connectivity index (χ2v) is 8.88. The van der Waals surface area contributed by atoms with Crippen LogP contribution in [0.4, 0.5) is 4.39 Å². The van der Waals surface area contributed by atoms with Crippen molar-refractivity contribution in [1.29, 1.82) is 0 Å². The van der Waals surface area contributed by atoms with Crippen LogP contribution in [0.25, 0.3) is 0 Å². The van der Waals surface area contributed by atoms with E-state index in [9.17, 15) is 9.18 Å². The Morgan fingerprint density at radius 2 is 2.11 bits per heavy atom. The highest BCUT2D eigenvalue weighted by Crippen LogP contribution is 2.39. The molecule has 144 valence electrons. The van der Waals surface area contributed by atoms with E-state index in [1.54, 1.807) is 12.1 Å². The molecule has 0 spiro atoms. The van der Waals surface area contributed by atoms with Gasteiger partial charge in [-0.2, -0.15) is 0 Å². The molecule has 2 aromatic rings. The molecule has 2 aromatic carbocycles. The lowest BCUT2D eigenvalue weighted by Crippen LogP contribution is -2.41. The van der Waals surface area contributed by atoms with Gasteiger partial charge in [0.25, 0.3) is 0 Å². The molecule has 6 heteroatoms. The molecular formula is C21H23ClFNO2S. The average molecular weight is 408 g/mol. The number of thioether (sulfide) groups is 1. The predicted molar refractivity (Wildman–Crippen MR) is 109 cm³/mol. The molecule has 0 saturated heterocycles. The van der Waals surface area contributed by atoms with Gasteiger partial charge in [-0.05, 0) is 44.5 Å². The van der Waals surface area contributed by atoms with Crippen LogP contribution in [0.5, 0.6) is 5.75 Å². The monoisotopic (exact) mass is 407 g/mol. The molecule has 0 unspecified atom stereocenters. The molecule has 0 radical (unpaired) electrons. The van der Waals surface area contributed by atoms with Crippen LogP contribution < -0.4 is 10.1 Å². The molecule has 0 fully saturated rings. The van der Waals surface area contributed by atoms with Gasteiger partial charge in [-0.3, -0.25) is 4.79 Å². The zero-order valence-corrected chi connectivity index (χ0v) is 17.2. The third kappa shape index (κ3) is 5.17. The molecule has 1 aliphatic rings. The molecule has 3 rings (SSSR count). The molecule has 1 amide bonds. The molecule has 3 nitrogen and oxygen atoms in total. The number of halogens is 2. The molecule has 0 bridgehead atoms. The first kappa shape index (κ1) is 20.0. The van der Waals surface area contributed by atoms with E-state index in [0.29, 0.717) is 22.8 Å². The summed E-state index contributed by atoms with van der Waals surface area (Å²) < 4.78 is 19.9. The molecule has 0 aliphatic carbocycles. The Balaban J connectivity index is 1.61. The van der Waals surface area contributed by atoms with Crippen LogP contribution in [0.3, 0.4) is 0 Å². The van der Waals surface area contributed by atoms with E-state index >= 15 is 0 Å². The number of aryl methyl sites for hydroxylation is 1. The molecule has 27 heavy (non-hydrogen) atoms. The Morgan fingerprint density at radius 3 is 2.85 bits per heavy atom. The number of hydrogen-bond acceptors (Lipinski definition) is 3. The number of rotatable bonds is 5. The number of ether oxygens (including phenoxy) is 1. The van der Waals surface area contributed by atoms with Crippen LogP contribution in [-0.4, -0.2) is 17.3 Å². The standard InChI is InChI=1S/C21H23ClFNO2S/c1-13-4-7-19-16(8-13)18(10-21(2,3)26-19)24-20(25)12-27-11-14-5-6-15(22)9-17(14)23/h4-9,18H,10-12H2,1-3H3,(H,24,25)/t18-/m0/s1. The lowest BCUT2D eigenvalue weighted by molar-refractivity contribution is -0.119. The fourth-order valence-corrected chi connectivity index (χ4v) is 4.21. The summed E-state index contributed by atoms with van der Waals surface area (Å²) in [6, 6.07) is 10.5. The van der Waals surface area contributed by atoms with Gasteiger partial charge >= 0.3 is 0 Å². The van der Waals surface area contributed by atoms with Gasteiger partial charge < -0.3 is 10.1 Å². The molecule has 1 heterocycles. The zero-order chi connectivity index (χ0) is 19.6. The van der Waals surface area contributed by atoms with Gasteiger partial charge in [0.2, 0.25) is 5.91 Å². The van der Waals surface area contributed by atoms with E-state index in [0.717, 1.165) is 16.9 Å². The molecule has 1 aliphatic heterocycles. The highest BCUT2D eigenvalue weighted by Gasteiger charge is 2.34. The van der Waals surface area contributed by atoms with E-state index in [1.165, 1.54) is 17.8 Å². The van der Waals surface area contributed by atoms with Crippen LogP contribution >= 0.6 is 23.4 Å². The summed E-state index contributed by atoms with van der Waals surface area (Å²) >= 11 is 7.15. The summed E-state index contributed by atoms with van der Waals surface area (Å²) in [5.74, 6) is 1.10. The van der Waals surface area contributed by atoms with Crippen molar-refractivity contribution >= 4 is 29.3 Å². The maximum absolute atomic E-state index is 13.8. The third-order valence-corrected chi connectivity index (χ3v) is 5.68. The average Bonchev–Trinajstić information content (AvgIpc) is 2.57. The van der Waals surface area contributed by atoms with Gasteiger partial charge in [0, 0.05) is 22.8 Å². The number of fused-ring (bicyclic) bond motifs is 1. The first-order valence-corrected chi connectivity index (χ1v) is 10.4.